The first kappa shape index (κ1) is 18.3. The molecule has 0 fully saturated rings. The Morgan fingerprint density at radius 1 is 1.18 bits per heavy atom. The number of benzene rings is 1. The summed E-state index contributed by atoms with van der Waals surface area (Å²) in [5, 5.41) is 6.58. The molecule has 0 spiro atoms. The first-order valence-electron chi connectivity index (χ1n) is 6.89. The number of aliphatic imine (C=N–C) groups is 1. The summed E-state index contributed by atoms with van der Waals surface area (Å²) >= 11 is 0. The van der Waals surface area contributed by atoms with Crippen molar-refractivity contribution in [1.29, 1.82) is 0 Å². The molecule has 6 heteroatoms. The lowest BCUT2D eigenvalue weighted by atomic mass is 10.2. The highest BCUT2D eigenvalue weighted by atomic mass is 127. The molecule has 2 aromatic rings. The first-order chi connectivity index (χ1) is 10.2. The highest BCUT2D eigenvalue weighted by Gasteiger charge is 2.01. The van der Waals surface area contributed by atoms with Gasteiger partial charge in [0.25, 0.3) is 0 Å². The van der Waals surface area contributed by atoms with E-state index in [0.29, 0.717) is 6.54 Å². The van der Waals surface area contributed by atoms with Crippen LogP contribution < -0.4 is 15.4 Å². The van der Waals surface area contributed by atoms with Crippen LogP contribution in [0.15, 0.2) is 47.7 Å². The highest BCUT2D eigenvalue weighted by Crippen LogP contribution is 2.12. The Bertz CT molecular complexity index is 610. The zero-order chi connectivity index (χ0) is 15.1. The summed E-state index contributed by atoms with van der Waals surface area (Å²) in [5.74, 6) is 1.64. The standard InChI is InChI=1S/C16H22N4O.HI/c1-17-16(19-11-14-7-8-20(2)12-14)18-10-13-5-4-6-15(9-13)21-3;/h4-9,12H,10-11H2,1-3H3,(H2,17,18,19);1H. The predicted octanol–water partition coefficient (Wildman–Crippen LogP) is 2.52. The number of halogens is 1. The quantitative estimate of drug-likeness (QED) is 0.449. The summed E-state index contributed by atoms with van der Waals surface area (Å²) in [6.07, 6.45) is 4.12. The normalized spacial score (nSPS) is 10.8. The molecule has 1 heterocycles. The van der Waals surface area contributed by atoms with Crippen LogP contribution in [0.1, 0.15) is 11.1 Å². The van der Waals surface area contributed by atoms with E-state index in [1.165, 1.54) is 5.56 Å². The molecule has 1 aromatic carbocycles. The van der Waals surface area contributed by atoms with E-state index in [9.17, 15) is 0 Å². The Labute approximate surface area is 148 Å². The van der Waals surface area contributed by atoms with Gasteiger partial charge in [-0.25, -0.2) is 0 Å². The van der Waals surface area contributed by atoms with Crippen LogP contribution in [0.25, 0.3) is 0 Å². The van der Waals surface area contributed by atoms with E-state index in [1.807, 2.05) is 36.0 Å². The molecule has 0 amide bonds. The minimum absolute atomic E-state index is 0. The zero-order valence-electron chi connectivity index (χ0n) is 13.2. The van der Waals surface area contributed by atoms with Gasteiger partial charge < -0.3 is 19.9 Å². The average molecular weight is 414 g/mol. The van der Waals surface area contributed by atoms with Crippen molar-refractivity contribution in [2.45, 2.75) is 13.1 Å². The van der Waals surface area contributed by atoms with E-state index in [0.717, 1.165) is 23.8 Å². The van der Waals surface area contributed by atoms with Gasteiger partial charge in [-0.3, -0.25) is 4.99 Å². The summed E-state index contributed by atoms with van der Waals surface area (Å²) in [7, 11) is 5.46. The minimum atomic E-state index is 0. The molecule has 0 aliphatic heterocycles. The lowest BCUT2D eigenvalue weighted by molar-refractivity contribution is 0.414. The van der Waals surface area contributed by atoms with Crippen molar-refractivity contribution in [2.75, 3.05) is 14.2 Å². The molecule has 0 unspecified atom stereocenters. The summed E-state index contributed by atoms with van der Waals surface area (Å²) in [5.41, 5.74) is 2.37. The average Bonchev–Trinajstić information content (AvgIpc) is 2.93. The van der Waals surface area contributed by atoms with Crippen LogP contribution in [0.4, 0.5) is 0 Å². The molecular weight excluding hydrogens is 391 g/mol. The van der Waals surface area contributed by atoms with Gasteiger partial charge in [-0.2, -0.15) is 0 Å². The Morgan fingerprint density at radius 3 is 2.50 bits per heavy atom. The zero-order valence-corrected chi connectivity index (χ0v) is 15.5. The number of ether oxygens (including phenoxy) is 1. The minimum Gasteiger partial charge on any atom is -0.497 e. The lowest BCUT2D eigenvalue weighted by Crippen LogP contribution is -2.36. The molecule has 2 N–H and O–H groups in total. The van der Waals surface area contributed by atoms with Gasteiger partial charge >= 0.3 is 0 Å². The molecule has 5 nitrogen and oxygen atoms in total. The Hall–Kier alpha value is -1.70. The van der Waals surface area contributed by atoms with Crippen LogP contribution in [0.2, 0.25) is 0 Å². The molecule has 2 rings (SSSR count). The molecule has 0 saturated heterocycles. The second kappa shape index (κ2) is 9.34. The Balaban J connectivity index is 0.00000242. The van der Waals surface area contributed by atoms with E-state index in [1.54, 1.807) is 14.2 Å². The third kappa shape index (κ3) is 5.59. The van der Waals surface area contributed by atoms with Gasteiger partial charge in [0, 0.05) is 39.6 Å². The van der Waals surface area contributed by atoms with Crippen molar-refractivity contribution >= 4 is 29.9 Å². The molecule has 0 atom stereocenters. The molecular formula is C16H23IN4O. The van der Waals surface area contributed by atoms with E-state index < -0.39 is 0 Å². The number of nitrogens with zero attached hydrogens (tertiary/aromatic N) is 2. The van der Waals surface area contributed by atoms with Crippen LogP contribution in [-0.4, -0.2) is 24.7 Å². The molecule has 0 bridgehead atoms. The van der Waals surface area contributed by atoms with Crippen LogP contribution in [0, 0.1) is 0 Å². The molecule has 120 valence electrons. The topological polar surface area (TPSA) is 50.6 Å². The van der Waals surface area contributed by atoms with Crippen molar-refractivity contribution in [3.63, 3.8) is 0 Å². The van der Waals surface area contributed by atoms with Crippen LogP contribution in [0.5, 0.6) is 5.75 Å². The molecule has 1 aromatic heterocycles. The van der Waals surface area contributed by atoms with Crippen molar-refractivity contribution < 1.29 is 4.74 Å². The number of hydrogen-bond acceptors (Lipinski definition) is 2. The smallest absolute Gasteiger partial charge is 0.191 e. The van der Waals surface area contributed by atoms with Gasteiger partial charge in [-0.15, -0.1) is 24.0 Å². The number of methoxy groups -OCH3 is 1. The third-order valence-electron chi connectivity index (χ3n) is 3.17. The fourth-order valence-electron chi connectivity index (χ4n) is 2.04. The van der Waals surface area contributed by atoms with Gasteiger partial charge in [-0.05, 0) is 29.3 Å². The molecule has 0 radical (unpaired) electrons. The van der Waals surface area contributed by atoms with E-state index in [2.05, 4.69) is 34.0 Å². The van der Waals surface area contributed by atoms with Crippen LogP contribution in [-0.2, 0) is 20.1 Å². The second-order valence-electron chi connectivity index (χ2n) is 4.82. The van der Waals surface area contributed by atoms with Gasteiger partial charge in [0.1, 0.15) is 5.75 Å². The van der Waals surface area contributed by atoms with E-state index in [4.69, 9.17) is 4.74 Å². The number of aryl methyl sites for hydroxylation is 1. The maximum absolute atomic E-state index is 5.22. The fraction of sp³-hybridized carbons (Fsp3) is 0.312. The molecule has 22 heavy (non-hydrogen) atoms. The lowest BCUT2D eigenvalue weighted by Gasteiger charge is -2.12. The summed E-state index contributed by atoms with van der Waals surface area (Å²) in [6.45, 7) is 1.45. The second-order valence-corrected chi connectivity index (χ2v) is 4.82. The largest absolute Gasteiger partial charge is 0.497 e. The van der Waals surface area contributed by atoms with E-state index >= 15 is 0 Å². The predicted molar refractivity (Wildman–Crippen MR) is 101 cm³/mol. The Morgan fingerprint density at radius 2 is 1.91 bits per heavy atom. The number of hydrogen-bond donors (Lipinski definition) is 2. The summed E-state index contributed by atoms with van der Waals surface area (Å²) in [6, 6.07) is 10.1. The van der Waals surface area contributed by atoms with Gasteiger partial charge in [-0.1, -0.05) is 12.1 Å². The number of aromatic nitrogens is 1. The molecule has 0 aliphatic carbocycles. The van der Waals surface area contributed by atoms with Gasteiger partial charge in [0.2, 0.25) is 0 Å². The maximum atomic E-state index is 5.22. The monoisotopic (exact) mass is 414 g/mol. The first-order valence-corrected chi connectivity index (χ1v) is 6.89. The van der Waals surface area contributed by atoms with Crippen LogP contribution >= 0.6 is 24.0 Å². The van der Waals surface area contributed by atoms with Crippen molar-refractivity contribution in [3.05, 3.63) is 53.9 Å². The fourth-order valence-corrected chi connectivity index (χ4v) is 2.04. The summed E-state index contributed by atoms with van der Waals surface area (Å²) < 4.78 is 7.25. The van der Waals surface area contributed by atoms with Gasteiger partial charge in [0.15, 0.2) is 5.96 Å². The van der Waals surface area contributed by atoms with Crippen molar-refractivity contribution in [1.82, 2.24) is 15.2 Å². The van der Waals surface area contributed by atoms with E-state index in [-0.39, 0.29) is 24.0 Å². The Kier molecular flexibility index (Phi) is 7.79. The summed E-state index contributed by atoms with van der Waals surface area (Å²) in [4.78, 5) is 4.22. The van der Waals surface area contributed by atoms with Gasteiger partial charge in [0.05, 0.1) is 7.11 Å². The number of nitrogens with one attached hydrogen (secondary N) is 2. The maximum Gasteiger partial charge on any atom is 0.191 e. The number of guanidine groups is 1. The SMILES string of the molecule is CN=C(NCc1cccc(OC)c1)NCc1ccn(C)c1.I. The highest BCUT2D eigenvalue weighted by molar-refractivity contribution is 14.0. The molecule has 0 saturated carbocycles. The third-order valence-corrected chi connectivity index (χ3v) is 3.17. The van der Waals surface area contributed by atoms with Crippen molar-refractivity contribution in [2.24, 2.45) is 12.0 Å². The number of rotatable bonds is 5. The van der Waals surface area contributed by atoms with Crippen LogP contribution in [0.3, 0.4) is 0 Å². The van der Waals surface area contributed by atoms with Crippen molar-refractivity contribution in [3.8, 4) is 5.75 Å². The molecule has 0 aliphatic rings.